The molecule has 0 saturated heterocycles. The highest BCUT2D eigenvalue weighted by atomic mass is 35.5. The van der Waals surface area contributed by atoms with E-state index in [4.69, 9.17) is 11.8 Å². The number of carbonyl (C=O) groups excluding carboxylic acids is 1. The minimum atomic E-state index is -3.91. The number of carbonyl (C=O) groups is 1. The number of rotatable bonds is 2. The first-order valence-corrected chi connectivity index (χ1v) is 5.92. The van der Waals surface area contributed by atoms with Crippen LogP contribution in [0.4, 0.5) is 0 Å². The number of benzene rings is 1. The second-order valence-corrected chi connectivity index (χ2v) is 5.38. The summed E-state index contributed by atoms with van der Waals surface area (Å²) in [6, 6.07) is 6.08. The molecule has 0 saturated carbocycles. The molecule has 0 heterocycles. The summed E-state index contributed by atoms with van der Waals surface area (Å²) in [6.45, 7) is 2.92. The van der Waals surface area contributed by atoms with Crippen molar-refractivity contribution in [2.75, 3.05) is 0 Å². The van der Waals surface area contributed by atoms with Crippen molar-refractivity contribution in [3.8, 4) is 0 Å². The molecule has 0 bridgehead atoms. The molecule has 1 aromatic carbocycles. The monoisotopic (exact) mass is 247 g/mol. The van der Waals surface area contributed by atoms with Gasteiger partial charge in [-0.15, -0.1) is 3.82 Å². The van der Waals surface area contributed by atoms with Gasteiger partial charge < -0.3 is 0 Å². The molecule has 0 N–H and O–H groups in total. The Bertz CT molecular complexity index is 467. The SMILES string of the molecule is CC(=O)N(Cl)S(=O)(=O)c1ccc(C)cc1. The Morgan fingerprint density at radius 1 is 1.27 bits per heavy atom. The van der Waals surface area contributed by atoms with E-state index in [1.54, 1.807) is 12.1 Å². The van der Waals surface area contributed by atoms with Crippen molar-refractivity contribution in [2.24, 2.45) is 0 Å². The number of hydrogen-bond acceptors (Lipinski definition) is 3. The van der Waals surface area contributed by atoms with E-state index in [9.17, 15) is 13.2 Å². The topological polar surface area (TPSA) is 54.5 Å². The molecule has 6 heteroatoms. The Morgan fingerprint density at radius 3 is 2.13 bits per heavy atom. The summed E-state index contributed by atoms with van der Waals surface area (Å²) in [5.74, 6) is -0.739. The van der Waals surface area contributed by atoms with Crippen LogP contribution in [0.25, 0.3) is 0 Å². The van der Waals surface area contributed by atoms with Gasteiger partial charge in [0.1, 0.15) is 0 Å². The van der Waals surface area contributed by atoms with Gasteiger partial charge >= 0.3 is 0 Å². The average Bonchev–Trinajstić information content (AvgIpc) is 2.17. The van der Waals surface area contributed by atoms with Gasteiger partial charge in [-0.1, -0.05) is 17.7 Å². The third kappa shape index (κ3) is 2.49. The van der Waals surface area contributed by atoms with Crippen molar-refractivity contribution in [3.63, 3.8) is 0 Å². The number of sulfonamides is 1. The molecule has 0 aliphatic heterocycles. The van der Waals surface area contributed by atoms with E-state index in [-0.39, 0.29) is 8.72 Å². The molecule has 0 radical (unpaired) electrons. The lowest BCUT2D eigenvalue weighted by Crippen LogP contribution is -2.26. The fourth-order valence-electron chi connectivity index (χ4n) is 0.972. The first kappa shape index (κ1) is 12.0. The van der Waals surface area contributed by atoms with Crippen LogP contribution in [0.3, 0.4) is 0 Å². The van der Waals surface area contributed by atoms with Crippen molar-refractivity contribution in [3.05, 3.63) is 29.8 Å². The van der Waals surface area contributed by atoms with E-state index in [1.165, 1.54) is 12.1 Å². The molecule has 0 unspecified atom stereocenters. The lowest BCUT2D eigenvalue weighted by molar-refractivity contribution is -0.121. The van der Waals surface area contributed by atoms with Crippen LogP contribution in [-0.2, 0) is 14.8 Å². The van der Waals surface area contributed by atoms with E-state index in [0.29, 0.717) is 0 Å². The average molecular weight is 248 g/mol. The largest absolute Gasteiger partial charge is 0.280 e. The van der Waals surface area contributed by atoms with Gasteiger partial charge in [0, 0.05) is 18.7 Å². The fourth-order valence-corrected chi connectivity index (χ4v) is 2.21. The van der Waals surface area contributed by atoms with Gasteiger partial charge in [-0.3, -0.25) is 4.79 Å². The van der Waals surface area contributed by atoms with Crippen LogP contribution in [0.5, 0.6) is 0 Å². The highest BCUT2D eigenvalue weighted by Crippen LogP contribution is 2.18. The van der Waals surface area contributed by atoms with Gasteiger partial charge in [0.2, 0.25) is 5.91 Å². The second kappa shape index (κ2) is 4.20. The molecule has 82 valence electrons. The molecule has 0 aliphatic rings. The number of aryl methyl sites for hydroxylation is 1. The maximum Gasteiger partial charge on any atom is 0.280 e. The van der Waals surface area contributed by atoms with Crippen LogP contribution in [0.2, 0.25) is 0 Å². The van der Waals surface area contributed by atoms with Crippen molar-refractivity contribution in [2.45, 2.75) is 18.7 Å². The maximum atomic E-state index is 11.7. The van der Waals surface area contributed by atoms with Gasteiger partial charge in [0.15, 0.2) is 0 Å². The van der Waals surface area contributed by atoms with Gasteiger partial charge in [0.25, 0.3) is 10.0 Å². The number of amides is 1. The van der Waals surface area contributed by atoms with Crippen molar-refractivity contribution in [1.29, 1.82) is 0 Å². The van der Waals surface area contributed by atoms with E-state index < -0.39 is 15.9 Å². The molecule has 0 aromatic heterocycles. The first-order chi connectivity index (χ1) is 6.85. The highest BCUT2D eigenvalue weighted by Gasteiger charge is 2.24. The van der Waals surface area contributed by atoms with E-state index >= 15 is 0 Å². The fraction of sp³-hybridized carbons (Fsp3) is 0.222. The van der Waals surface area contributed by atoms with Crippen molar-refractivity contribution >= 4 is 27.7 Å². The van der Waals surface area contributed by atoms with Crippen LogP contribution in [0.1, 0.15) is 12.5 Å². The van der Waals surface area contributed by atoms with Crippen LogP contribution in [-0.4, -0.2) is 18.1 Å². The van der Waals surface area contributed by atoms with E-state index in [1.807, 2.05) is 6.92 Å². The Labute approximate surface area is 93.6 Å². The molecule has 15 heavy (non-hydrogen) atoms. The van der Waals surface area contributed by atoms with E-state index in [0.717, 1.165) is 12.5 Å². The molecule has 1 aromatic rings. The second-order valence-electron chi connectivity index (χ2n) is 3.05. The summed E-state index contributed by atoms with van der Waals surface area (Å²) in [6.07, 6.45) is 0. The predicted molar refractivity (Wildman–Crippen MR) is 56.7 cm³/mol. The zero-order valence-electron chi connectivity index (χ0n) is 8.27. The summed E-state index contributed by atoms with van der Waals surface area (Å²) in [5, 5.41) is 0. The first-order valence-electron chi connectivity index (χ1n) is 4.14. The van der Waals surface area contributed by atoms with Crippen molar-refractivity contribution in [1.82, 2.24) is 3.82 Å². The predicted octanol–water partition coefficient (Wildman–Crippen LogP) is 1.69. The van der Waals surface area contributed by atoms with Crippen LogP contribution in [0.15, 0.2) is 29.2 Å². The molecule has 4 nitrogen and oxygen atoms in total. The Morgan fingerprint density at radius 2 is 1.73 bits per heavy atom. The van der Waals surface area contributed by atoms with Crippen LogP contribution < -0.4 is 0 Å². The zero-order chi connectivity index (χ0) is 11.6. The highest BCUT2D eigenvalue weighted by molar-refractivity contribution is 7.90. The smallest absolute Gasteiger partial charge is 0.273 e. The summed E-state index contributed by atoms with van der Waals surface area (Å²) >= 11 is 5.38. The summed E-state index contributed by atoms with van der Waals surface area (Å²) in [4.78, 5) is 10.8. The molecule has 0 aliphatic carbocycles. The molecule has 1 rings (SSSR count). The van der Waals surface area contributed by atoms with Gasteiger partial charge in [0.05, 0.1) is 4.90 Å². The van der Waals surface area contributed by atoms with E-state index in [2.05, 4.69) is 0 Å². The summed E-state index contributed by atoms with van der Waals surface area (Å²) in [5.41, 5.74) is 0.929. The Kier molecular flexibility index (Phi) is 3.36. The third-order valence-electron chi connectivity index (χ3n) is 1.78. The number of nitrogens with zero attached hydrogens (tertiary/aromatic N) is 1. The standard InChI is InChI=1S/C9H10ClNO3S/c1-7-3-5-9(6-4-7)15(13,14)11(10)8(2)12/h3-6H,1-2H3. The minimum Gasteiger partial charge on any atom is -0.273 e. The van der Waals surface area contributed by atoms with Gasteiger partial charge in [-0.05, 0) is 19.1 Å². The molecular formula is C9H10ClNO3S. The maximum absolute atomic E-state index is 11.7. The molecular weight excluding hydrogens is 238 g/mol. The lowest BCUT2D eigenvalue weighted by Gasteiger charge is -2.11. The summed E-state index contributed by atoms with van der Waals surface area (Å²) in [7, 11) is -3.91. The summed E-state index contributed by atoms with van der Waals surface area (Å²) < 4.78 is 23.5. The number of halogens is 1. The Hall–Kier alpha value is -1.07. The lowest BCUT2D eigenvalue weighted by atomic mass is 10.2. The van der Waals surface area contributed by atoms with Gasteiger partial charge in [-0.25, -0.2) is 0 Å². The third-order valence-corrected chi connectivity index (χ3v) is 4.11. The van der Waals surface area contributed by atoms with Gasteiger partial charge in [-0.2, -0.15) is 8.42 Å². The molecule has 0 fully saturated rings. The quantitative estimate of drug-likeness (QED) is 0.748. The van der Waals surface area contributed by atoms with Crippen molar-refractivity contribution < 1.29 is 13.2 Å². The molecule has 0 spiro atoms. The Balaban J connectivity index is 3.17. The minimum absolute atomic E-state index is 0.00157. The van der Waals surface area contributed by atoms with Crippen LogP contribution in [0, 0.1) is 6.92 Å². The molecule has 1 amide bonds. The number of hydrogen-bond donors (Lipinski definition) is 0. The normalized spacial score (nSPS) is 11.1. The zero-order valence-corrected chi connectivity index (χ0v) is 9.84. The van der Waals surface area contributed by atoms with Crippen LogP contribution >= 0.6 is 11.8 Å². The molecule has 0 atom stereocenters.